The molecule has 1 aromatic heterocycles. The third-order valence-electron chi connectivity index (χ3n) is 4.38. The van der Waals surface area contributed by atoms with Gasteiger partial charge < -0.3 is 10.2 Å². The second kappa shape index (κ2) is 6.24. The minimum Gasteiger partial charge on any atom is -0.351 e. The van der Waals surface area contributed by atoms with Gasteiger partial charge in [0.25, 0.3) is 0 Å². The van der Waals surface area contributed by atoms with Crippen molar-refractivity contribution < 1.29 is 0 Å². The molecule has 1 N–H and O–H groups in total. The van der Waals surface area contributed by atoms with Crippen LogP contribution in [0.2, 0.25) is 0 Å². The zero-order valence-corrected chi connectivity index (χ0v) is 13.8. The van der Waals surface area contributed by atoms with Crippen LogP contribution in [0.5, 0.6) is 0 Å². The van der Waals surface area contributed by atoms with E-state index in [1.807, 2.05) is 13.2 Å². The smallest absolute Gasteiger partial charge is 0.136 e. The second-order valence-corrected chi connectivity index (χ2v) is 7.18. The van der Waals surface area contributed by atoms with Crippen molar-refractivity contribution in [3.63, 3.8) is 0 Å². The summed E-state index contributed by atoms with van der Waals surface area (Å²) in [5, 5.41) is 6.47. The van der Waals surface area contributed by atoms with E-state index in [2.05, 4.69) is 60.1 Å². The van der Waals surface area contributed by atoms with Gasteiger partial charge in [0.1, 0.15) is 5.82 Å². The summed E-state index contributed by atoms with van der Waals surface area (Å²) < 4.78 is 0. The van der Waals surface area contributed by atoms with Crippen LogP contribution in [-0.2, 0) is 6.54 Å². The van der Waals surface area contributed by atoms with Crippen molar-refractivity contribution in [2.45, 2.75) is 31.7 Å². The molecular weight excluding hydrogens is 278 g/mol. The SMILES string of the molecule is CNCc1cnc(N2CCSC(C)C2C)c2ccccc12. The fraction of sp³-hybridized carbons (Fsp3) is 0.471. The number of hydrogen-bond acceptors (Lipinski definition) is 4. The molecule has 1 saturated heterocycles. The van der Waals surface area contributed by atoms with E-state index in [-0.39, 0.29) is 0 Å². The van der Waals surface area contributed by atoms with Crippen LogP contribution in [0.15, 0.2) is 30.5 Å². The molecule has 112 valence electrons. The lowest BCUT2D eigenvalue weighted by atomic mass is 10.1. The average molecular weight is 301 g/mol. The molecule has 0 aliphatic carbocycles. The predicted molar refractivity (Wildman–Crippen MR) is 93.2 cm³/mol. The summed E-state index contributed by atoms with van der Waals surface area (Å²) in [4.78, 5) is 7.29. The summed E-state index contributed by atoms with van der Waals surface area (Å²) in [7, 11) is 1.98. The molecular formula is C17H23N3S. The Hall–Kier alpha value is -1.26. The Morgan fingerprint density at radius 1 is 1.29 bits per heavy atom. The lowest BCUT2D eigenvalue weighted by Gasteiger charge is -2.39. The van der Waals surface area contributed by atoms with Gasteiger partial charge in [-0.05, 0) is 24.9 Å². The Morgan fingerprint density at radius 2 is 2.05 bits per heavy atom. The van der Waals surface area contributed by atoms with Gasteiger partial charge in [-0.2, -0.15) is 11.8 Å². The Balaban J connectivity index is 2.09. The summed E-state index contributed by atoms with van der Waals surface area (Å²) >= 11 is 2.06. The highest BCUT2D eigenvalue weighted by Gasteiger charge is 2.27. The molecule has 2 unspecified atom stereocenters. The first-order valence-electron chi connectivity index (χ1n) is 7.62. The van der Waals surface area contributed by atoms with Crippen LogP contribution in [0.4, 0.5) is 5.82 Å². The molecule has 1 aromatic carbocycles. The Bertz CT molecular complexity index is 628. The van der Waals surface area contributed by atoms with E-state index in [0.29, 0.717) is 11.3 Å². The first-order chi connectivity index (χ1) is 10.2. The van der Waals surface area contributed by atoms with E-state index >= 15 is 0 Å². The lowest BCUT2D eigenvalue weighted by Crippen LogP contribution is -2.45. The molecule has 1 fully saturated rings. The molecule has 4 heteroatoms. The fourth-order valence-corrected chi connectivity index (χ4v) is 4.13. The van der Waals surface area contributed by atoms with Crippen molar-refractivity contribution in [2.24, 2.45) is 0 Å². The second-order valence-electron chi connectivity index (χ2n) is 5.69. The van der Waals surface area contributed by atoms with Crippen LogP contribution >= 0.6 is 11.8 Å². The highest BCUT2D eigenvalue weighted by molar-refractivity contribution is 8.00. The molecule has 2 heterocycles. The maximum atomic E-state index is 4.81. The molecule has 2 aromatic rings. The number of nitrogens with one attached hydrogen (secondary N) is 1. The van der Waals surface area contributed by atoms with Gasteiger partial charge in [-0.25, -0.2) is 4.98 Å². The average Bonchev–Trinajstić information content (AvgIpc) is 2.51. The minimum atomic E-state index is 0.523. The van der Waals surface area contributed by atoms with Crippen molar-refractivity contribution in [1.29, 1.82) is 0 Å². The summed E-state index contributed by atoms with van der Waals surface area (Å²) in [6.07, 6.45) is 2.04. The van der Waals surface area contributed by atoms with E-state index in [0.717, 1.165) is 18.9 Å². The molecule has 0 amide bonds. The van der Waals surface area contributed by atoms with Crippen LogP contribution in [-0.4, -0.2) is 35.6 Å². The molecule has 1 aliphatic rings. The number of hydrogen-bond donors (Lipinski definition) is 1. The third-order valence-corrected chi connectivity index (χ3v) is 5.72. The summed E-state index contributed by atoms with van der Waals surface area (Å²) in [5.41, 5.74) is 1.27. The molecule has 0 spiro atoms. The highest BCUT2D eigenvalue weighted by Crippen LogP contribution is 2.33. The van der Waals surface area contributed by atoms with Crippen molar-refractivity contribution in [1.82, 2.24) is 10.3 Å². The number of anilines is 1. The van der Waals surface area contributed by atoms with Gasteiger partial charge in [-0.15, -0.1) is 0 Å². The molecule has 0 saturated carbocycles. The van der Waals surface area contributed by atoms with Crippen molar-refractivity contribution in [3.05, 3.63) is 36.0 Å². The summed E-state index contributed by atoms with van der Waals surface area (Å²) in [6, 6.07) is 9.16. The molecule has 3 rings (SSSR count). The first kappa shape index (κ1) is 14.7. The van der Waals surface area contributed by atoms with Gasteiger partial charge >= 0.3 is 0 Å². The number of fused-ring (bicyclic) bond motifs is 1. The fourth-order valence-electron chi connectivity index (χ4n) is 3.03. The van der Waals surface area contributed by atoms with E-state index < -0.39 is 0 Å². The van der Waals surface area contributed by atoms with Crippen LogP contribution in [0, 0.1) is 0 Å². The number of benzene rings is 1. The van der Waals surface area contributed by atoms with Gasteiger partial charge in [0, 0.05) is 41.7 Å². The molecule has 3 nitrogen and oxygen atoms in total. The monoisotopic (exact) mass is 301 g/mol. The van der Waals surface area contributed by atoms with Gasteiger partial charge in [-0.1, -0.05) is 31.2 Å². The van der Waals surface area contributed by atoms with Gasteiger partial charge in [0.2, 0.25) is 0 Å². The van der Waals surface area contributed by atoms with Crippen LogP contribution in [0.3, 0.4) is 0 Å². The summed E-state index contributed by atoms with van der Waals surface area (Å²) in [6.45, 7) is 6.57. The van der Waals surface area contributed by atoms with E-state index in [4.69, 9.17) is 4.98 Å². The van der Waals surface area contributed by atoms with E-state index in [1.54, 1.807) is 0 Å². The standard InChI is InChI=1S/C17H23N3S/c1-12-13(2)21-9-8-20(12)17-16-7-5-4-6-15(16)14(10-18-3)11-19-17/h4-7,11-13,18H,8-10H2,1-3H3. The van der Waals surface area contributed by atoms with E-state index in [9.17, 15) is 0 Å². The molecule has 0 radical (unpaired) electrons. The number of aromatic nitrogens is 1. The maximum Gasteiger partial charge on any atom is 0.136 e. The lowest BCUT2D eigenvalue weighted by molar-refractivity contribution is 0.622. The van der Waals surface area contributed by atoms with Crippen LogP contribution in [0.25, 0.3) is 10.8 Å². The van der Waals surface area contributed by atoms with Crippen molar-refractivity contribution in [2.75, 3.05) is 24.2 Å². The zero-order valence-electron chi connectivity index (χ0n) is 13.0. The third kappa shape index (κ3) is 2.74. The first-order valence-corrected chi connectivity index (χ1v) is 8.66. The van der Waals surface area contributed by atoms with Gasteiger partial charge in [0.05, 0.1) is 0 Å². The van der Waals surface area contributed by atoms with Crippen molar-refractivity contribution in [3.8, 4) is 0 Å². The summed E-state index contributed by atoms with van der Waals surface area (Å²) in [5.74, 6) is 2.32. The van der Waals surface area contributed by atoms with E-state index in [1.165, 1.54) is 22.1 Å². The minimum absolute atomic E-state index is 0.523. The predicted octanol–water partition coefficient (Wildman–Crippen LogP) is 3.28. The van der Waals surface area contributed by atoms with Gasteiger partial charge in [-0.3, -0.25) is 0 Å². The molecule has 1 aliphatic heterocycles. The molecule has 0 bridgehead atoms. The largest absolute Gasteiger partial charge is 0.351 e. The number of pyridine rings is 1. The molecule has 21 heavy (non-hydrogen) atoms. The maximum absolute atomic E-state index is 4.81. The van der Waals surface area contributed by atoms with Gasteiger partial charge in [0.15, 0.2) is 0 Å². The zero-order chi connectivity index (χ0) is 14.8. The topological polar surface area (TPSA) is 28.2 Å². The number of rotatable bonds is 3. The van der Waals surface area contributed by atoms with Crippen molar-refractivity contribution >= 4 is 28.4 Å². The Labute approximate surface area is 131 Å². The quantitative estimate of drug-likeness (QED) is 0.941. The molecule has 2 atom stereocenters. The number of thioether (sulfide) groups is 1. The normalized spacial score (nSPS) is 22.7. The Morgan fingerprint density at radius 3 is 2.81 bits per heavy atom. The highest BCUT2D eigenvalue weighted by atomic mass is 32.2. The number of nitrogens with zero attached hydrogens (tertiary/aromatic N) is 2. The Kier molecular flexibility index (Phi) is 4.36. The van der Waals surface area contributed by atoms with Crippen LogP contribution < -0.4 is 10.2 Å². The van der Waals surface area contributed by atoms with Crippen LogP contribution in [0.1, 0.15) is 19.4 Å².